The molecule has 0 amide bonds. The number of aliphatic hydroxyl groups is 1. The Hall–Kier alpha value is -2.17. The number of hydrogen-bond acceptors (Lipinski definition) is 5. The molecule has 1 aliphatic rings. The summed E-state index contributed by atoms with van der Waals surface area (Å²) in [5, 5.41) is 18.0. The van der Waals surface area contributed by atoms with Crippen LogP contribution in [0.3, 0.4) is 0 Å². The SMILES string of the molecule is N#C[C@@]1(n2ccc(=O)[nH]c2=O)C=C[C@H](CO)O1. The van der Waals surface area contributed by atoms with Gasteiger partial charge in [0.2, 0.25) is 0 Å². The minimum absolute atomic E-state index is 0.294. The summed E-state index contributed by atoms with van der Waals surface area (Å²) in [6, 6.07) is 2.95. The monoisotopic (exact) mass is 235 g/mol. The minimum Gasteiger partial charge on any atom is -0.393 e. The third kappa shape index (κ3) is 1.80. The van der Waals surface area contributed by atoms with Gasteiger partial charge in [0.05, 0.1) is 6.61 Å². The van der Waals surface area contributed by atoms with Crippen LogP contribution in [0.2, 0.25) is 0 Å². The fourth-order valence-electron chi connectivity index (χ4n) is 1.58. The van der Waals surface area contributed by atoms with Crippen molar-refractivity contribution < 1.29 is 9.84 Å². The first-order valence-electron chi connectivity index (χ1n) is 4.83. The lowest BCUT2D eigenvalue weighted by molar-refractivity contribution is -0.0578. The van der Waals surface area contributed by atoms with E-state index in [0.29, 0.717) is 0 Å². The second-order valence-electron chi connectivity index (χ2n) is 3.49. The number of H-pyrrole nitrogens is 1. The third-order valence-electron chi connectivity index (χ3n) is 2.39. The number of hydrogen-bond donors (Lipinski definition) is 2. The molecule has 0 radical (unpaired) electrons. The smallest absolute Gasteiger partial charge is 0.331 e. The Morgan fingerprint density at radius 3 is 2.94 bits per heavy atom. The van der Waals surface area contributed by atoms with Gasteiger partial charge in [0.1, 0.15) is 12.2 Å². The van der Waals surface area contributed by atoms with E-state index < -0.39 is 23.1 Å². The Labute approximate surface area is 95.2 Å². The van der Waals surface area contributed by atoms with Crippen LogP contribution >= 0.6 is 0 Å². The standard InChI is InChI=1S/C10H9N3O4/c11-6-10(3-1-7(5-14)17-10)13-4-2-8(15)12-9(13)16/h1-4,7,14H,5H2,(H,12,15,16)/t7-,10-/m1/s1. The summed E-state index contributed by atoms with van der Waals surface area (Å²) in [4.78, 5) is 24.5. The van der Waals surface area contributed by atoms with Gasteiger partial charge < -0.3 is 9.84 Å². The molecule has 0 aliphatic carbocycles. The molecule has 0 fully saturated rings. The molecule has 2 atom stereocenters. The maximum absolute atomic E-state index is 11.6. The fourth-order valence-corrected chi connectivity index (χ4v) is 1.58. The van der Waals surface area contributed by atoms with E-state index in [2.05, 4.69) is 0 Å². The van der Waals surface area contributed by atoms with E-state index in [1.54, 1.807) is 0 Å². The molecule has 0 saturated carbocycles. The van der Waals surface area contributed by atoms with Crippen molar-refractivity contribution in [3.63, 3.8) is 0 Å². The number of nitrogens with one attached hydrogen (secondary N) is 1. The van der Waals surface area contributed by atoms with Crippen LogP contribution in [0, 0.1) is 11.3 Å². The van der Waals surface area contributed by atoms with Crippen LogP contribution in [0.4, 0.5) is 0 Å². The molecular formula is C10H9N3O4. The van der Waals surface area contributed by atoms with Crippen molar-refractivity contribution in [1.29, 1.82) is 5.26 Å². The van der Waals surface area contributed by atoms with Crippen LogP contribution in [-0.4, -0.2) is 27.4 Å². The number of aromatic nitrogens is 2. The van der Waals surface area contributed by atoms with Crippen LogP contribution in [0.25, 0.3) is 0 Å². The van der Waals surface area contributed by atoms with Crippen LogP contribution in [0.15, 0.2) is 34.0 Å². The lowest BCUT2D eigenvalue weighted by Crippen LogP contribution is -2.43. The highest BCUT2D eigenvalue weighted by molar-refractivity contribution is 5.19. The lowest BCUT2D eigenvalue weighted by Gasteiger charge is -2.22. The van der Waals surface area contributed by atoms with Gasteiger partial charge in [-0.25, -0.2) is 4.79 Å². The molecule has 0 saturated heterocycles. The Kier molecular flexibility index (Phi) is 2.67. The topological polar surface area (TPSA) is 108 Å². The molecule has 0 aromatic carbocycles. The molecule has 0 bridgehead atoms. The molecule has 2 rings (SSSR count). The zero-order chi connectivity index (χ0) is 12.5. The molecule has 88 valence electrons. The molecule has 2 N–H and O–H groups in total. The van der Waals surface area contributed by atoms with Gasteiger partial charge >= 0.3 is 5.69 Å². The van der Waals surface area contributed by atoms with E-state index in [1.807, 2.05) is 11.1 Å². The molecular weight excluding hydrogens is 226 g/mol. The molecule has 7 nitrogen and oxygen atoms in total. The van der Waals surface area contributed by atoms with Gasteiger partial charge in [-0.2, -0.15) is 5.26 Å². The second kappa shape index (κ2) is 4.01. The van der Waals surface area contributed by atoms with Crippen molar-refractivity contribution in [3.05, 3.63) is 45.3 Å². The minimum atomic E-state index is -1.62. The van der Waals surface area contributed by atoms with Crippen molar-refractivity contribution in [2.75, 3.05) is 6.61 Å². The van der Waals surface area contributed by atoms with Crippen LogP contribution < -0.4 is 11.2 Å². The molecule has 1 aliphatic heterocycles. The predicted octanol–water partition coefficient (Wildman–Crippen LogP) is -1.34. The predicted molar refractivity (Wildman–Crippen MR) is 56.0 cm³/mol. The summed E-state index contributed by atoms with van der Waals surface area (Å²) in [7, 11) is 0. The summed E-state index contributed by atoms with van der Waals surface area (Å²) in [5.74, 6) is 0. The van der Waals surface area contributed by atoms with Crippen LogP contribution in [-0.2, 0) is 10.5 Å². The Morgan fingerprint density at radius 2 is 2.41 bits per heavy atom. The van der Waals surface area contributed by atoms with Gasteiger partial charge in [0.15, 0.2) is 0 Å². The summed E-state index contributed by atoms with van der Waals surface area (Å²) in [5.41, 5.74) is -2.92. The summed E-state index contributed by atoms with van der Waals surface area (Å²) in [6.07, 6.45) is 3.39. The van der Waals surface area contributed by atoms with E-state index in [4.69, 9.17) is 15.1 Å². The third-order valence-corrected chi connectivity index (χ3v) is 2.39. The molecule has 2 heterocycles. The number of ether oxygens (including phenoxy) is 1. The quantitative estimate of drug-likeness (QED) is 0.617. The average Bonchev–Trinajstić information content (AvgIpc) is 2.74. The molecule has 0 spiro atoms. The van der Waals surface area contributed by atoms with Gasteiger partial charge in [-0.15, -0.1) is 0 Å². The Balaban J connectivity index is 2.52. The first-order valence-corrected chi connectivity index (χ1v) is 4.83. The second-order valence-corrected chi connectivity index (χ2v) is 3.49. The maximum Gasteiger partial charge on any atom is 0.331 e. The van der Waals surface area contributed by atoms with Crippen molar-refractivity contribution >= 4 is 0 Å². The van der Waals surface area contributed by atoms with Crippen LogP contribution in [0.5, 0.6) is 0 Å². The first kappa shape index (κ1) is 11.3. The van der Waals surface area contributed by atoms with Crippen molar-refractivity contribution in [3.8, 4) is 6.07 Å². The summed E-state index contributed by atoms with van der Waals surface area (Å²) >= 11 is 0. The normalized spacial score (nSPS) is 26.9. The van der Waals surface area contributed by atoms with Crippen molar-refractivity contribution in [2.45, 2.75) is 11.8 Å². The number of aromatic amines is 1. The summed E-state index contributed by atoms with van der Waals surface area (Å²) < 4.78 is 6.23. The number of aliphatic hydroxyl groups excluding tert-OH is 1. The molecule has 0 unspecified atom stereocenters. The number of rotatable bonds is 2. The van der Waals surface area contributed by atoms with E-state index in [0.717, 1.165) is 10.6 Å². The first-order chi connectivity index (χ1) is 8.11. The van der Waals surface area contributed by atoms with Gasteiger partial charge in [-0.1, -0.05) is 6.08 Å². The summed E-state index contributed by atoms with van der Waals surface area (Å²) in [6.45, 7) is -0.294. The fraction of sp³-hybridized carbons (Fsp3) is 0.300. The molecule has 7 heteroatoms. The lowest BCUT2D eigenvalue weighted by atomic mass is 10.2. The van der Waals surface area contributed by atoms with Gasteiger partial charge in [0.25, 0.3) is 11.3 Å². The van der Waals surface area contributed by atoms with E-state index >= 15 is 0 Å². The van der Waals surface area contributed by atoms with Crippen molar-refractivity contribution in [2.24, 2.45) is 0 Å². The Morgan fingerprint density at radius 1 is 1.65 bits per heavy atom. The van der Waals surface area contributed by atoms with E-state index in [-0.39, 0.29) is 6.61 Å². The highest BCUT2D eigenvalue weighted by atomic mass is 16.5. The maximum atomic E-state index is 11.6. The molecule has 1 aromatic heterocycles. The zero-order valence-electron chi connectivity index (χ0n) is 8.66. The molecule has 1 aromatic rings. The van der Waals surface area contributed by atoms with Crippen molar-refractivity contribution in [1.82, 2.24) is 9.55 Å². The van der Waals surface area contributed by atoms with E-state index in [9.17, 15) is 9.59 Å². The number of nitrogens with zero attached hydrogens (tertiary/aromatic N) is 2. The highest BCUT2D eigenvalue weighted by Crippen LogP contribution is 2.26. The van der Waals surface area contributed by atoms with Gasteiger partial charge in [-0.05, 0) is 6.08 Å². The highest BCUT2D eigenvalue weighted by Gasteiger charge is 2.38. The molecule has 17 heavy (non-hydrogen) atoms. The number of nitriles is 1. The average molecular weight is 235 g/mol. The van der Waals surface area contributed by atoms with Gasteiger partial charge in [0, 0.05) is 12.3 Å². The zero-order valence-corrected chi connectivity index (χ0v) is 8.66. The van der Waals surface area contributed by atoms with Gasteiger partial charge in [-0.3, -0.25) is 14.3 Å². The largest absolute Gasteiger partial charge is 0.393 e. The Bertz CT molecular complexity index is 609. The van der Waals surface area contributed by atoms with E-state index in [1.165, 1.54) is 18.3 Å². The van der Waals surface area contributed by atoms with Crippen LogP contribution in [0.1, 0.15) is 0 Å².